The maximum absolute atomic E-state index is 14.1. The van der Waals surface area contributed by atoms with Gasteiger partial charge >= 0.3 is 0 Å². The number of carbonyl (C=O) groups is 2. The van der Waals surface area contributed by atoms with Crippen molar-refractivity contribution >= 4 is 23.1 Å². The molecule has 1 fully saturated rings. The largest absolute Gasteiger partial charge is 0.508 e. The van der Waals surface area contributed by atoms with Crippen LogP contribution in [-0.4, -0.2) is 29.0 Å². The van der Waals surface area contributed by atoms with Crippen LogP contribution in [0.2, 0.25) is 0 Å². The molecule has 1 atom stereocenters. The first-order valence-electron chi connectivity index (χ1n) is 11.3. The number of benzene rings is 3. The highest BCUT2D eigenvalue weighted by molar-refractivity contribution is 6.51. The SMILES string of the molecule is COc1cc(C)c(/C(O)=C2\C(=O)C(=O)N(c3ccc(F)c(F)c3)C2c2ccc(O)cc2)cc1C(C)C. The third-order valence-electron chi connectivity index (χ3n) is 6.29. The lowest BCUT2D eigenvalue weighted by Crippen LogP contribution is -2.29. The standard InChI is InChI=1S/C28H25F2NO5/c1-14(2)19-13-20(15(3)11-23(19)36-4)26(33)24-25(16-5-8-18(32)9-6-16)31(28(35)27(24)34)17-7-10-21(29)22(30)12-17/h5-14,25,32-33H,1-4H3/b26-24+. The Balaban J connectivity index is 1.99. The number of phenols is 1. The van der Waals surface area contributed by atoms with E-state index in [4.69, 9.17) is 4.74 Å². The van der Waals surface area contributed by atoms with Crippen molar-refractivity contribution in [3.63, 3.8) is 0 Å². The molecule has 0 bridgehead atoms. The van der Waals surface area contributed by atoms with Crippen LogP contribution in [0.15, 0.2) is 60.2 Å². The second-order valence-electron chi connectivity index (χ2n) is 8.92. The summed E-state index contributed by atoms with van der Waals surface area (Å²) in [5.74, 6) is -4.07. The maximum Gasteiger partial charge on any atom is 0.300 e. The summed E-state index contributed by atoms with van der Waals surface area (Å²) in [5, 5.41) is 21.2. The van der Waals surface area contributed by atoms with Gasteiger partial charge in [0.2, 0.25) is 0 Å². The van der Waals surface area contributed by atoms with Gasteiger partial charge in [-0.15, -0.1) is 0 Å². The molecule has 1 aliphatic heterocycles. The van der Waals surface area contributed by atoms with Crippen LogP contribution in [0, 0.1) is 18.6 Å². The Morgan fingerprint density at radius 3 is 2.25 bits per heavy atom. The summed E-state index contributed by atoms with van der Waals surface area (Å²) in [6, 6.07) is 10.9. The monoisotopic (exact) mass is 493 g/mol. The number of carbonyl (C=O) groups excluding carboxylic acids is 2. The predicted octanol–water partition coefficient (Wildman–Crippen LogP) is 5.74. The van der Waals surface area contributed by atoms with Crippen molar-refractivity contribution in [2.45, 2.75) is 32.7 Å². The molecule has 3 aromatic rings. The zero-order valence-electron chi connectivity index (χ0n) is 20.2. The van der Waals surface area contributed by atoms with Crippen LogP contribution in [-0.2, 0) is 9.59 Å². The van der Waals surface area contributed by atoms with Gasteiger partial charge in [-0.25, -0.2) is 8.78 Å². The third kappa shape index (κ3) is 4.19. The zero-order valence-corrected chi connectivity index (χ0v) is 20.2. The van der Waals surface area contributed by atoms with Gasteiger partial charge in [-0.1, -0.05) is 26.0 Å². The predicted molar refractivity (Wildman–Crippen MR) is 131 cm³/mol. The van der Waals surface area contributed by atoms with Crippen LogP contribution >= 0.6 is 0 Å². The molecule has 4 rings (SSSR count). The fraction of sp³-hybridized carbons (Fsp3) is 0.214. The lowest BCUT2D eigenvalue weighted by molar-refractivity contribution is -0.132. The Morgan fingerprint density at radius 1 is 1.00 bits per heavy atom. The van der Waals surface area contributed by atoms with Crippen molar-refractivity contribution in [2.24, 2.45) is 0 Å². The lowest BCUT2D eigenvalue weighted by Gasteiger charge is -2.26. The van der Waals surface area contributed by atoms with Gasteiger partial charge in [0.15, 0.2) is 11.6 Å². The summed E-state index contributed by atoms with van der Waals surface area (Å²) in [4.78, 5) is 27.5. The lowest BCUT2D eigenvalue weighted by atomic mass is 9.91. The van der Waals surface area contributed by atoms with Crippen molar-refractivity contribution in [1.82, 2.24) is 0 Å². The number of hydrogen-bond acceptors (Lipinski definition) is 5. The van der Waals surface area contributed by atoms with Crippen molar-refractivity contribution in [1.29, 1.82) is 0 Å². The number of halogens is 2. The number of aliphatic hydroxyl groups is 1. The quantitative estimate of drug-likeness (QED) is 0.269. The van der Waals surface area contributed by atoms with E-state index < -0.39 is 35.1 Å². The molecule has 1 aliphatic rings. The molecule has 8 heteroatoms. The van der Waals surface area contributed by atoms with Crippen molar-refractivity contribution < 1.29 is 33.3 Å². The number of aliphatic hydroxyl groups excluding tert-OH is 1. The molecule has 1 unspecified atom stereocenters. The summed E-state index contributed by atoms with van der Waals surface area (Å²) in [6.45, 7) is 5.65. The summed E-state index contributed by atoms with van der Waals surface area (Å²) in [5.41, 5.74) is 1.86. The molecule has 1 saturated heterocycles. The van der Waals surface area contributed by atoms with Gasteiger partial charge in [-0.05, 0) is 65.9 Å². The molecule has 2 N–H and O–H groups in total. The van der Waals surface area contributed by atoms with Gasteiger partial charge in [0, 0.05) is 17.3 Å². The van der Waals surface area contributed by atoms with Gasteiger partial charge in [0.05, 0.1) is 18.7 Å². The number of phenolic OH excluding ortho intramolecular Hbond substituents is 1. The zero-order chi connectivity index (χ0) is 26.3. The third-order valence-corrected chi connectivity index (χ3v) is 6.29. The number of anilines is 1. The second-order valence-corrected chi connectivity index (χ2v) is 8.92. The molecule has 0 radical (unpaired) electrons. The number of Topliss-reactive ketones (excluding diaryl/α,β-unsaturated/α-hetero) is 1. The Kier molecular flexibility index (Phi) is 6.54. The van der Waals surface area contributed by atoms with E-state index in [1.165, 1.54) is 30.3 Å². The molecule has 0 spiro atoms. The molecule has 0 aromatic heterocycles. The molecule has 6 nitrogen and oxygen atoms in total. The molecule has 186 valence electrons. The maximum atomic E-state index is 14.1. The number of methoxy groups -OCH3 is 1. The molecular weight excluding hydrogens is 468 g/mol. The molecular formula is C28H25F2NO5. The van der Waals surface area contributed by atoms with Crippen LogP contribution in [0.25, 0.3) is 5.76 Å². The van der Waals surface area contributed by atoms with E-state index in [2.05, 4.69) is 0 Å². The number of aromatic hydroxyl groups is 1. The van der Waals surface area contributed by atoms with Crippen molar-refractivity contribution in [2.75, 3.05) is 12.0 Å². The Labute approximate surface area is 207 Å². The van der Waals surface area contributed by atoms with Crippen molar-refractivity contribution in [3.8, 4) is 11.5 Å². The van der Waals surface area contributed by atoms with Gasteiger partial charge in [0.1, 0.15) is 17.3 Å². The number of ketones is 1. The Hall–Kier alpha value is -4.20. The smallest absolute Gasteiger partial charge is 0.300 e. The first-order chi connectivity index (χ1) is 17.0. The normalized spacial score (nSPS) is 17.2. The Morgan fingerprint density at radius 2 is 1.67 bits per heavy atom. The summed E-state index contributed by atoms with van der Waals surface area (Å²) >= 11 is 0. The number of nitrogens with zero attached hydrogens (tertiary/aromatic N) is 1. The van der Waals surface area contributed by atoms with E-state index >= 15 is 0 Å². The molecule has 3 aromatic carbocycles. The molecule has 36 heavy (non-hydrogen) atoms. The van der Waals surface area contributed by atoms with E-state index in [1.807, 2.05) is 13.8 Å². The van der Waals surface area contributed by atoms with Crippen LogP contribution in [0.1, 0.15) is 48.1 Å². The van der Waals surface area contributed by atoms with Gasteiger partial charge in [0.25, 0.3) is 11.7 Å². The highest BCUT2D eigenvalue weighted by Crippen LogP contribution is 2.44. The van der Waals surface area contributed by atoms with E-state index in [-0.39, 0.29) is 22.9 Å². The number of aryl methyl sites for hydroxylation is 1. The van der Waals surface area contributed by atoms with E-state index in [0.717, 1.165) is 22.6 Å². The van der Waals surface area contributed by atoms with Gasteiger partial charge in [-0.2, -0.15) is 0 Å². The van der Waals surface area contributed by atoms with Crippen LogP contribution in [0.4, 0.5) is 14.5 Å². The summed E-state index contributed by atoms with van der Waals surface area (Å²) in [7, 11) is 1.54. The van der Waals surface area contributed by atoms with Crippen LogP contribution in [0.3, 0.4) is 0 Å². The highest BCUT2D eigenvalue weighted by Gasteiger charge is 2.47. The average molecular weight is 494 g/mol. The number of amides is 1. The molecule has 1 heterocycles. The number of rotatable bonds is 5. The molecule has 1 amide bonds. The van der Waals surface area contributed by atoms with Crippen LogP contribution < -0.4 is 9.64 Å². The van der Waals surface area contributed by atoms with Gasteiger partial charge in [-0.3, -0.25) is 14.5 Å². The minimum Gasteiger partial charge on any atom is -0.508 e. The molecule has 0 saturated carbocycles. The summed E-state index contributed by atoms with van der Waals surface area (Å²) in [6.07, 6.45) is 0. The van der Waals surface area contributed by atoms with E-state index in [9.17, 15) is 28.6 Å². The number of hydrogen-bond donors (Lipinski definition) is 2. The minimum atomic E-state index is -1.19. The number of ether oxygens (including phenoxy) is 1. The summed E-state index contributed by atoms with van der Waals surface area (Å²) < 4.78 is 33.2. The fourth-order valence-electron chi connectivity index (χ4n) is 4.43. The van der Waals surface area contributed by atoms with E-state index in [1.54, 1.807) is 26.2 Å². The van der Waals surface area contributed by atoms with Gasteiger partial charge < -0.3 is 14.9 Å². The average Bonchev–Trinajstić information content (AvgIpc) is 3.10. The minimum absolute atomic E-state index is 0.0320. The van der Waals surface area contributed by atoms with E-state index in [0.29, 0.717) is 22.4 Å². The second kappa shape index (κ2) is 9.45. The highest BCUT2D eigenvalue weighted by atomic mass is 19.2. The molecule has 0 aliphatic carbocycles. The first-order valence-corrected chi connectivity index (χ1v) is 11.3. The van der Waals surface area contributed by atoms with Crippen LogP contribution in [0.5, 0.6) is 11.5 Å². The van der Waals surface area contributed by atoms with Crippen molar-refractivity contribution in [3.05, 3.63) is 94.1 Å². The fourth-order valence-corrected chi connectivity index (χ4v) is 4.43. The first kappa shape index (κ1) is 24.9. The topological polar surface area (TPSA) is 87.1 Å². The Bertz CT molecular complexity index is 1400.